The molecule has 0 aliphatic heterocycles. The molecule has 0 saturated carbocycles. The quantitative estimate of drug-likeness (QED) is 0.555. The third-order valence-corrected chi connectivity index (χ3v) is 2.75. The molecule has 0 amide bonds. The molecule has 3 heteroatoms. The van der Waals surface area contributed by atoms with Crippen LogP contribution in [0.3, 0.4) is 0 Å². The van der Waals surface area contributed by atoms with Crippen molar-refractivity contribution in [1.82, 2.24) is 5.32 Å². The van der Waals surface area contributed by atoms with Gasteiger partial charge in [0.1, 0.15) is 0 Å². The number of nitrogens with two attached hydrogens (primary N) is 1. The van der Waals surface area contributed by atoms with Crippen molar-refractivity contribution in [1.29, 1.82) is 0 Å². The Morgan fingerprint density at radius 1 is 1.46 bits per heavy atom. The Morgan fingerprint density at radius 2 is 2.08 bits per heavy atom. The van der Waals surface area contributed by atoms with Crippen molar-refractivity contribution >= 4 is 0 Å². The maximum absolute atomic E-state index is 8.84. The van der Waals surface area contributed by atoms with Crippen LogP contribution >= 0.6 is 0 Å². The molecule has 0 heterocycles. The van der Waals surface area contributed by atoms with E-state index in [-0.39, 0.29) is 12.1 Å². The normalized spacial score (nSPS) is 18.2. The molecule has 0 aromatic rings. The predicted molar refractivity (Wildman–Crippen MR) is 56.7 cm³/mol. The van der Waals surface area contributed by atoms with Crippen LogP contribution in [0, 0.1) is 0 Å². The van der Waals surface area contributed by atoms with Gasteiger partial charge in [0.15, 0.2) is 0 Å². The van der Waals surface area contributed by atoms with E-state index in [1.165, 1.54) is 0 Å². The van der Waals surface area contributed by atoms with Gasteiger partial charge in [0, 0.05) is 24.7 Å². The predicted octanol–water partition coefficient (Wildman–Crippen LogP) is 0.864. The summed E-state index contributed by atoms with van der Waals surface area (Å²) in [5.74, 6) is 0. The van der Waals surface area contributed by atoms with Crippen LogP contribution in [-0.2, 0) is 0 Å². The summed E-state index contributed by atoms with van der Waals surface area (Å²) in [6.07, 6.45) is 2.87. The summed E-state index contributed by atoms with van der Waals surface area (Å²) in [7, 11) is 0. The van der Waals surface area contributed by atoms with Gasteiger partial charge in [-0.25, -0.2) is 0 Å². The van der Waals surface area contributed by atoms with E-state index in [2.05, 4.69) is 26.1 Å². The van der Waals surface area contributed by atoms with Crippen molar-refractivity contribution in [3.05, 3.63) is 0 Å². The molecule has 0 aliphatic carbocycles. The molecule has 0 rings (SSSR count). The Morgan fingerprint density at radius 3 is 2.38 bits per heavy atom. The summed E-state index contributed by atoms with van der Waals surface area (Å²) < 4.78 is 0. The van der Waals surface area contributed by atoms with Gasteiger partial charge in [0.25, 0.3) is 0 Å². The Hall–Kier alpha value is -0.120. The molecular formula is C10H24N2O. The van der Waals surface area contributed by atoms with E-state index in [0.717, 1.165) is 19.3 Å². The highest BCUT2D eigenvalue weighted by molar-refractivity contribution is 4.85. The zero-order valence-corrected chi connectivity index (χ0v) is 9.14. The molecule has 0 aliphatic rings. The lowest BCUT2D eigenvalue weighted by atomic mass is 9.96. The highest BCUT2D eigenvalue weighted by Gasteiger charge is 2.22. The van der Waals surface area contributed by atoms with Crippen LogP contribution in [0.25, 0.3) is 0 Å². The zero-order valence-electron chi connectivity index (χ0n) is 9.14. The van der Waals surface area contributed by atoms with E-state index in [0.29, 0.717) is 12.6 Å². The first-order chi connectivity index (χ1) is 6.11. The summed E-state index contributed by atoms with van der Waals surface area (Å²) in [4.78, 5) is 0. The average Bonchev–Trinajstić information content (AvgIpc) is 2.17. The van der Waals surface area contributed by atoms with Crippen LogP contribution in [0.15, 0.2) is 0 Å². The molecule has 0 bridgehead atoms. The largest absolute Gasteiger partial charge is 0.396 e. The summed E-state index contributed by atoms with van der Waals surface area (Å²) in [6, 6.07) is 0.388. The number of aliphatic hydroxyl groups excluding tert-OH is 1. The van der Waals surface area contributed by atoms with Crippen LogP contribution in [-0.4, -0.2) is 29.8 Å². The van der Waals surface area contributed by atoms with Gasteiger partial charge < -0.3 is 16.2 Å². The summed E-state index contributed by atoms with van der Waals surface area (Å²) in [5, 5.41) is 12.3. The van der Waals surface area contributed by atoms with Crippen LogP contribution < -0.4 is 11.1 Å². The van der Waals surface area contributed by atoms with Crippen LogP contribution in [0.5, 0.6) is 0 Å². The van der Waals surface area contributed by atoms with Crippen molar-refractivity contribution in [3.8, 4) is 0 Å². The van der Waals surface area contributed by atoms with Crippen LogP contribution in [0.1, 0.15) is 40.0 Å². The maximum atomic E-state index is 8.84. The Bertz CT molecular complexity index is 124. The number of nitrogens with one attached hydrogen (secondary N) is 1. The molecule has 0 fully saturated rings. The van der Waals surface area contributed by atoms with E-state index >= 15 is 0 Å². The van der Waals surface area contributed by atoms with Gasteiger partial charge in [-0.3, -0.25) is 0 Å². The molecule has 0 spiro atoms. The van der Waals surface area contributed by atoms with Gasteiger partial charge in [-0.15, -0.1) is 0 Å². The van der Waals surface area contributed by atoms with Gasteiger partial charge >= 0.3 is 0 Å². The second kappa shape index (κ2) is 6.35. The first kappa shape index (κ1) is 12.9. The molecule has 80 valence electrons. The topological polar surface area (TPSA) is 58.3 Å². The van der Waals surface area contributed by atoms with Crippen molar-refractivity contribution in [3.63, 3.8) is 0 Å². The molecule has 0 aromatic carbocycles. The minimum atomic E-state index is 0.0237. The average molecular weight is 188 g/mol. The standard InChI is InChI=1S/C10H24N2O/c1-4-9(6-7-13)12-10(3,5-2)8-11/h9,12-13H,4-8,11H2,1-3H3. The molecule has 0 radical (unpaired) electrons. The summed E-state index contributed by atoms with van der Waals surface area (Å²) in [5.41, 5.74) is 5.72. The molecule has 13 heavy (non-hydrogen) atoms. The van der Waals surface area contributed by atoms with Crippen molar-refractivity contribution in [2.24, 2.45) is 5.73 Å². The van der Waals surface area contributed by atoms with Crippen LogP contribution in [0.2, 0.25) is 0 Å². The third-order valence-electron chi connectivity index (χ3n) is 2.75. The fourth-order valence-electron chi connectivity index (χ4n) is 1.33. The highest BCUT2D eigenvalue weighted by atomic mass is 16.3. The van der Waals surface area contributed by atoms with Crippen molar-refractivity contribution in [2.75, 3.05) is 13.2 Å². The number of hydrogen-bond acceptors (Lipinski definition) is 3. The molecule has 0 aromatic heterocycles. The molecule has 4 N–H and O–H groups in total. The number of rotatable bonds is 7. The monoisotopic (exact) mass is 188 g/mol. The molecule has 2 unspecified atom stereocenters. The molecule has 0 saturated heterocycles. The van der Waals surface area contributed by atoms with Gasteiger partial charge in [0.05, 0.1) is 0 Å². The summed E-state index contributed by atoms with van der Waals surface area (Å²) >= 11 is 0. The van der Waals surface area contributed by atoms with Gasteiger partial charge in [-0.1, -0.05) is 13.8 Å². The van der Waals surface area contributed by atoms with Gasteiger partial charge in [0.2, 0.25) is 0 Å². The molecule has 2 atom stereocenters. The van der Waals surface area contributed by atoms with E-state index < -0.39 is 0 Å². The van der Waals surface area contributed by atoms with E-state index in [4.69, 9.17) is 10.8 Å². The maximum Gasteiger partial charge on any atom is 0.0445 e. The Balaban J connectivity index is 4.02. The second-order valence-electron chi connectivity index (χ2n) is 3.88. The van der Waals surface area contributed by atoms with Gasteiger partial charge in [-0.05, 0) is 26.2 Å². The third kappa shape index (κ3) is 4.60. The molecular weight excluding hydrogens is 164 g/mol. The smallest absolute Gasteiger partial charge is 0.0445 e. The van der Waals surface area contributed by atoms with E-state index in [9.17, 15) is 0 Å². The Labute approximate surface area is 81.7 Å². The first-order valence-electron chi connectivity index (χ1n) is 5.20. The summed E-state index contributed by atoms with van der Waals surface area (Å²) in [6.45, 7) is 7.28. The fraction of sp³-hybridized carbons (Fsp3) is 1.00. The Kier molecular flexibility index (Phi) is 6.29. The number of aliphatic hydroxyl groups is 1. The lowest BCUT2D eigenvalue weighted by Gasteiger charge is -2.33. The van der Waals surface area contributed by atoms with Crippen molar-refractivity contribution in [2.45, 2.75) is 51.6 Å². The fourth-order valence-corrected chi connectivity index (χ4v) is 1.33. The highest BCUT2D eigenvalue weighted by Crippen LogP contribution is 2.10. The zero-order chi connectivity index (χ0) is 10.3. The lowest BCUT2D eigenvalue weighted by molar-refractivity contribution is 0.231. The second-order valence-corrected chi connectivity index (χ2v) is 3.88. The minimum Gasteiger partial charge on any atom is -0.396 e. The number of hydrogen-bond donors (Lipinski definition) is 3. The molecule has 3 nitrogen and oxygen atoms in total. The minimum absolute atomic E-state index is 0.0237. The van der Waals surface area contributed by atoms with Crippen molar-refractivity contribution < 1.29 is 5.11 Å². The SMILES string of the molecule is CCC(CCO)NC(C)(CC)CN. The van der Waals surface area contributed by atoms with Gasteiger partial charge in [-0.2, -0.15) is 0 Å². The lowest BCUT2D eigenvalue weighted by Crippen LogP contribution is -2.52. The first-order valence-corrected chi connectivity index (χ1v) is 5.20. The van der Waals surface area contributed by atoms with E-state index in [1.54, 1.807) is 0 Å². The van der Waals surface area contributed by atoms with Crippen LogP contribution in [0.4, 0.5) is 0 Å². The van der Waals surface area contributed by atoms with E-state index in [1.807, 2.05) is 0 Å².